The van der Waals surface area contributed by atoms with Gasteiger partial charge in [-0.3, -0.25) is 9.78 Å². The largest absolute Gasteiger partial charge is 0.497 e. The lowest BCUT2D eigenvalue weighted by molar-refractivity contribution is 0.0784. The number of carbonyl (C=O) groups is 1. The molecule has 0 atom stereocenters. The first-order chi connectivity index (χ1) is 9.61. The van der Waals surface area contributed by atoms with E-state index in [2.05, 4.69) is 4.98 Å². The van der Waals surface area contributed by atoms with Crippen LogP contribution < -0.4 is 10.5 Å². The van der Waals surface area contributed by atoms with Crippen LogP contribution in [0.4, 0.5) is 5.69 Å². The molecule has 2 rings (SSSR count). The summed E-state index contributed by atoms with van der Waals surface area (Å²) in [4.78, 5) is 18.2. The summed E-state index contributed by atoms with van der Waals surface area (Å²) in [6.07, 6.45) is 1.70. The van der Waals surface area contributed by atoms with Gasteiger partial charge in [-0.25, -0.2) is 0 Å². The first-order valence-corrected chi connectivity index (χ1v) is 6.20. The number of hydrogen-bond acceptors (Lipinski definition) is 4. The zero-order valence-corrected chi connectivity index (χ0v) is 11.5. The third-order valence-corrected chi connectivity index (χ3v) is 2.96. The van der Waals surface area contributed by atoms with Crippen molar-refractivity contribution in [3.63, 3.8) is 0 Å². The maximum Gasteiger partial charge on any atom is 0.256 e. The number of amides is 1. The molecule has 1 aromatic heterocycles. The Balaban J connectivity index is 2.18. The first kappa shape index (κ1) is 13.9. The molecule has 1 amide bonds. The molecule has 0 radical (unpaired) electrons. The van der Waals surface area contributed by atoms with E-state index in [1.807, 2.05) is 18.2 Å². The maximum atomic E-state index is 12.4. The van der Waals surface area contributed by atoms with Crippen molar-refractivity contribution in [2.75, 3.05) is 19.9 Å². The highest BCUT2D eigenvalue weighted by molar-refractivity contribution is 5.99. The van der Waals surface area contributed by atoms with Crippen LogP contribution in [0.1, 0.15) is 16.1 Å². The Kier molecular flexibility index (Phi) is 4.20. The van der Waals surface area contributed by atoms with Crippen LogP contribution in [0.25, 0.3) is 0 Å². The standard InChI is InChI=1S/C15H17N3O2/c1-18(10-11-5-3-4-8-17-11)15(19)13-9-12(20-2)6-7-14(13)16/h3-9H,10,16H2,1-2H3. The second-order valence-electron chi connectivity index (χ2n) is 4.44. The van der Waals surface area contributed by atoms with Crippen LogP contribution in [0.5, 0.6) is 5.75 Å². The summed E-state index contributed by atoms with van der Waals surface area (Å²) in [6.45, 7) is 0.427. The normalized spacial score (nSPS) is 10.1. The topological polar surface area (TPSA) is 68.5 Å². The van der Waals surface area contributed by atoms with E-state index in [4.69, 9.17) is 10.5 Å². The van der Waals surface area contributed by atoms with Crippen LogP contribution in [0, 0.1) is 0 Å². The second-order valence-corrected chi connectivity index (χ2v) is 4.44. The number of anilines is 1. The van der Waals surface area contributed by atoms with Gasteiger partial charge in [0.2, 0.25) is 0 Å². The molecular formula is C15H17N3O2. The zero-order chi connectivity index (χ0) is 14.5. The average molecular weight is 271 g/mol. The van der Waals surface area contributed by atoms with Crippen LogP contribution in [-0.2, 0) is 6.54 Å². The van der Waals surface area contributed by atoms with Crippen LogP contribution in [0.15, 0.2) is 42.6 Å². The summed E-state index contributed by atoms with van der Waals surface area (Å²) in [7, 11) is 3.27. The highest BCUT2D eigenvalue weighted by Gasteiger charge is 2.16. The van der Waals surface area contributed by atoms with Crippen molar-refractivity contribution < 1.29 is 9.53 Å². The van der Waals surface area contributed by atoms with Crippen molar-refractivity contribution in [1.29, 1.82) is 0 Å². The smallest absolute Gasteiger partial charge is 0.256 e. The number of benzene rings is 1. The van der Waals surface area contributed by atoms with Gasteiger partial charge >= 0.3 is 0 Å². The Bertz CT molecular complexity index is 599. The molecule has 0 aliphatic heterocycles. The Morgan fingerprint density at radius 1 is 1.35 bits per heavy atom. The number of methoxy groups -OCH3 is 1. The number of nitrogen functional groups attached to an aromatic ring is 1. The van der Waals surface area contributed by atoms with E-state index < -0.39 is 0 Å². The molecule has 5 heteroatoms. The summed E-state index contributed by atoms with van der Waals surface area (Å²) in [5, 5.41) is 0. The molecule has 2 N–H and O–H groups in total. The van der Waals surface area contributed by atoms with Crippen LogP contribution in [0.3, 0.4) is 0 Å². The number of rotatable bonds is 4. The highest BCUT2D eigenvalue weighted by Crippen LogP contribution is 2.21. The van der Waals surface area contributed by atoms with Gasteiger partial charge in [-0.15, -0.1) is 0 Å². The number of ether oxygens (including phenoxy) is 1. The third kappa shape index (κ3) is 3.06. The van der Waals surface area contributed by atoms with Gasteiger partial charge in [0.25, 0.3) is 5.91 Å². The van der Waals surface area contributed by atoms with Gasteiger partial charge in [-0.05, 0) is 30.3 Å². The molecule has 0 bridgehead atoms. The minimum absolute atomic E-state index is 0.160. The predicted molar refractivity (Wildman–Crippen MR) is 77.4 cm³/mol. The summed E-state index contributed by atoms with van der Waals surface area (Å²) in [6, 6.07) is 10.6. The molecule has 1 aromatic carbocycles. The number of carbonyl (C=O) groups excluding carboxylic acids is 1. The lowest BCUT2D eigenvalue weighted by Crippen LogP contribution is -2.27. The highest BCUT2D eigenvalue weighted by atomic mass is 16.5. The van der Waals surface area contributed by atoms with Crippen LogP contribution >= 0.6 is 0 Å². The van der Waals surface area contributed by atoms with Gasteiger partial charge in [-0.2, -0.15) is 0 Å². The minimum Gasteiger partial charge on any atom is -0.497 e. The maximum absolute atomic E-state index is 12.4. The van der Waals surface area contributed by atoms with E-state index in [-0.39, 0.29) is 5.91 Å². The molecule has 104 valence electrons. The number of aromatic nitrogens is 1. The second kappa shape index (κ2) is 6.06. The number of pyridine rings is 1. The quantitative estimate of drug-likeness (QED) is 0.863. The molecule has 20 heavy (non-hydrogen) atoms. The van der Waals surface area contributed by atoms with Crippen molar-refractivity contribution in [1.82, 2.24) is 9.88 Å². The molecule has 2 aromatic rings. The van der Waals surface area contributed by atoms with Gasteiger partial charge < -0.3 is 15.4 Å². The van der Waals surface area contributed by atoms with Gasteiger partial charge in [0, 0.05) is 18.9 Å². The Hall–Kier alpha value is -2.56. The fourth-order valence-corrected chi connectivity index (χ4v) is 1.86. The molecular weight excluding hydrogens is 254 g/mol. The Morgan fingerprint density at radius 2 is 2.15 bits per heavy atom. The first-order valence-electron chi connectivity index (χ1n) is 6.20. The fraction of sp³-hybridized carbons (Fsp3) is 0.200. The summed E-state index contributed by atoms with van der Waals surface area (Å²) in [5.74, 6) is 0.445. The van der Waals surface area contributed by atoms with Gasteiger partial charge in [-0.1, -0.05) is 6.07 Å². The van der Waals surface area contributed by atoms with E-state index in [0.29, 0.717) is 23.5 Å². The van der Waals surface area contributed by atoms with Crippen molar-refractivity contribution in [2.45, 2.75) is 6.54 Å². The van der Waals surface area contributed by atoms with E-state index in [9.17, 15) is 4.79 Å². The lowest BCUT2D eigenvalue weighted by Gasteiger charge is -2.18. The molecule has 0 unspecified atom stereocenters. The molecule has 0 saturated heterocycles. The van der Waals surface area contributed by atoms with Crippen molar-refractivity contribution in [2.24, 2.45) is 0 Å². The Morgan fingerprint density at radius 3 is 2.80 bits per heavy atom. The van der Waals surface area contributed by atoms with Crippen LogP contribution in [-0.4, -0.2) is 29.9 Å². The summed E-state index contributed by atoms with van der Waals surface area (Å²) in [5.41, 5.74) is 7.55. The summed E-state index contributed by atoms with van der Waals surface area (Å²) >= 11 is 0. The molecule has 0 spiro atoms. The van der Waals surface area contributed by atoms with E-state index >= 15 is 0 Å². The monoisotopic (exact) mass is 271 g/mol. The van der Waals surface area contributed by atoms with E-state index in [0.717, 1.165) is 5.69 Å². The minimum atomic E-state index is -0.160. The molecule has 0 aliphatic carbocycles. The predicted octanol–water partition coefficient (Wildman–Crippen LogP) is 1.94. The summed E-state index contributed by atoms with van der Waals surface area (Å²) < 4.78 is 5.12. The number of nitrogens with zero attached hydrogens (tertiary/aromatic N) is 2. The molecule has 1 heterocycles. The molecule has 5 nitrogen and oxygen atoms in total. The average Bonchev–Trinajstić information content (AvgIpc) is 2.48. The Labute approximate surface area is 118 Å². The number of nitrogens with two attached hydrogens (primary N) is 1. The van der Waals surface area contributed by atoms with E-state index in [1.165, 1.54) is 0 Å². The lowest BCUT2D eigenvalue weighted by atomic mass is 10.1. The third-order valence-electron chi connectivity index (χ3n) is 2.96. The zero-order valence-electron chi connectivity index (χ0n) is 11.5. The van der Waals surface area contributed by atoms with Gasteiger partial charge in [0.05, 0.1) is 24.9 Å². The number of hydrogen-bond donors (Lipinski definition) is 1. The molecule has 0 fully saturated rings. The van der Waals surface area contributed by atoms with Crippen LogP contribution in [0.2, 0.25) is 0 Å². The SMILES string of the molecule is COc1ccc(N)c(C(=O)N(C)Cc2ccccn2)c1. The fourth-order valence-electron chi connectivity index (χ4n) is 1.86. The van der Waals surface area contributed by atoms with Crippen molar-refractivity contribution >= 4 is 11.6 Å². The van der Waals surface area contributed by atoms with E-state index in [1.54, 1.807) is 43.5 Å². The van der Waals surface area contributed by atoms with Gasteiger partial charge in [0.15, 0.2) is 0 Å². The van der Waals surface area contributed by atoms with Crippen molar-refractivity contribution in [3.05, 3.63) is 53.9 Å². The van der Waals surface area contributed by atoms with Gasteiger partial charge in [0.1, 0.15) is 5.75 Å². The molecule has 0 aliphatic rings. The van der Waals surface area contributed by atoms with Crippen molar-refractivity contribution in [3.8, 4) is 5.75 Å². The molecule has 0 saturated carbocycles.